The van der Waals surface area contributed by atoms with Crippen molar-refractivity contribution in [3.8, 4) is 28.2 Å². The van der Waals surface area contributed by atoms with E-state index >= 15 is 0 Å². The number of ketones is 2. The fourth-order valence-corrected chi connectivity index (χ4v) is 6.86. The van der Waals surface area contributed by atoms with Gasteiger partial charge in [0.25, 0.3) is 0 Å². The van der Waals surface area contributed by atoms with Gasteiger partial charge in [0.15, 0.2) is 5.76 Å². The van der Waals surface area contributed by atoms with Gasteiger partial charge < -0.3 is 24.5 Å². The third-order valence-electron chi connectivity index (χ3n) is 6.36. The van der Waals surface area contributed by atoms with Crippen molar-refractivity contribution in [2.75, 3.05) is 0 Å². The molecule has 210 valence electrons. The van der Waals surface area contributed by atoms with Gasteiger partial charge in [0, 0.05) is 43.8 Å². The molecule has 3 aromatic carbocycles. The zero-order chi connectivity index (χ0) is 30.5. The Morgan fingerprint density at radius 1 is 0.773 bits per heavy atom. The van der Waals surface area contributed by atoms with Crippen molar-refractivity contribution in [1.82, 2.24) is 0 Å². The third-order valence-corrected chi connectivity index (χ3v) is 8.98. The van der Waals surface area contributed by atoms with Crippen LogP contribution in [0.15, 0.2) is 93.8 Å². The van der Waals surface area contributed by atoms with Gasteiger partial charge in [-0.2, -0.15) is 0 Å². The van der Waals surface area contributed by atoms with Crippen molar-refractivity contribution in [2.45, 2.75) is 0 Å². The normalized spacial score (nSPS) is 12.0. The molecule has 0 radical (unpaired) electrons. The largest absolute Gasteiger partial charge is 1.00 e. The van der Waals surface area contributed by atoms with E-state index in [4.69, 9.17) is 4.42 Å². The number of aromatic carboxylic acids is 1. The topological polar surface area (TPSA) is 148 Å². The van der Waals surface area contributed by atoms with Crippen LogP contribution in [-0.4, -0.2) is 22.6 Å². The van der Waals surface area contributed by atoms with E-state index < -0.39 is 17.5 Å². The number of hydrogen-bond donors (Lipinski definition) is 1. The monoisotopic (exact) mass is 862 g/mol. The van der Waals surface area contributed by atoms with Crippen LogP contribution in [0.5, 0.6) is 5.75 Å². The number of aliphatic hydroxyl groups is 1. The molecule has 3 aromatic rings. The molecular weight excluding hydrogens is 854 g/mol. The quantitative estimate of drug-likeness (QED) is 0.153. The van der Waals surface area contributed by atoms with Crippen LogP contribution in [0, 0.1) is 0 Å². The molecule has 0 amide bonds. The molecule has 1 aliphatic heterocycles. The molecule has 1 heterocycles. The minimum Gasteiger partial charge on any atom is -0.871 e. The number of rotatable bonds is 2. The summed E-state index contributed by atoms with van der Waals surface area (Å²) in [6.07, 6.45) is 0.949. The van der Waals surface area contributed by atoms with Gasteiger partial charge in [-0.25, -0.2) is 0 Å². The number of halogens is 4. The van der Waals surface area contributed by atoms with Crippen LogP contribution in [0.1, 0.15) is 26.3 Å². The smallest absolute Gasteiger partial charge is 0.871 e. The van der Waals surface area contributed by atoms with Crippen molar-refractivity contribution in [3.63, 3.8) is 0 Å². The Hall–Kier alpha value is -1.58. The van der Waals surface area contributed by atoms with E-state index in [1.165, 1.54) is 12.1 Å². The third kappa shape index (κ3) is 6.76. The maximum Gasteiger partial charge on any atom is 1.00 e. The first-order valence-corrected chi connectivity index (χ1v) is 14.9. The number of benzene rings is 4. The maximum atomic E-state index is 12.4. The van der Waals surface area contributed by atoms with Crippen molar-refractivity contribution in [3.05, 3.63) is 112 Å². The first-order valence-electron chi connectivity index (χ1n) is 11.7. The number of carboxylic acid groups (broad SMARTS) is 1. The molecule has 8 nitrogen and oxygen atoms in total. The second kappa shape index (κ2) is 14.9. The van der Waals surface area contributed by atoms with Gasteiger partial charge in [-0.05, 0) is 65.5 Å². The number of Topliss-reactive ketones (excluding diaryl/α,β-unsaturated/α-hetero) is 1. The number of hydrogen-bond acceptors (Lipinski definition) is 8. The number of carboxylic acids is 1. The molecule has 0 atom stereocenters. The van der Waals surface area contributed by atoms with Gasteiger partial charge in [-0.3, -0.25) is 14.4 Å². The van der Waals surface area contributed by atoms with E-state index in [0.29, 0.717) is 27.6 Å². The molecule has 0 fully saturated rings. The number of carbonyl (C=O) groups is 3. The molecule has 1 N–H and O–H groups in total. The molecular formula is C30H12Br4Na2O8. The second-order valence-electron chi connectivity index (χ2n) is 8.84. The van der Waals surface area contributed by atoms with Gasteiger partial charge >= 0.3 is 59.1 Å². The van der Waals surface area contributed by atoms with Gasteiger partial charge in [-0.15, -0.1) is 0 Å². The van der Waals surface area contributed by atoms with E-state index in [9.17, 15) is 34.5 Å². The summed E-state index contributed by atoms with van der Waals surface area (Å²) in [5, 5.41) is 34.0. The summed E-state index contributed by atoms with van der Waals surface area (Å²) >= 11 is 13.0. The first kappa shape index (κ1) is 36.9. The van der Waals surface area contributed by atoms with Crippen LogP contribution in [0.4, 0.5) is 0 Å². The summed E-state index contributed by atoms with van der Waals surface area (Å²) in [7, 11) is 0. The minimum atomic E-state index is -1.35. The number of fused-ring (bicyclic) bond motifs is 3. The molecule has 2 aliphatic carbocycles. The fourth-order valence-electron chi connectivity index (χ4n) is 4.46. The molecule has 0 spiro atoms. The zero-order valence-corrected chi connectivity index (χ0v) is 33.0. The summed E-state index contributed by atoms with van der Waals surface area (Å²) in [6, 6.07) is 16.0. The Kier molecular flexibility index (Phi) is 12.5. The first-order chi connectivity index (χ1) is 19.9. The average molecular weight is 866 g/mol. The van der Waals surface area contributed by atoms with Crippen molar-refractivity contribution >= 4 is 98.0 Å². The number of aliphatic hydroxyl groups excluding tert-OH is 1. The summed E-state index contributed by atoms with van der Waals surface area (Å²) < 4.78 is 6.80. The predicted molar refractivity (Wildman–Crippen MR) is 166 cm³/mol. The van der Waals surface area contributed by atoms with E-state index in [1.807, 2.05) is 0 Å². The Bertz CT molecular complexity index is 2060. The summed E-state index contributed by atoms with van der Waals surface area (Å²) in [5.41, 5.74) is 1.86. The predicted octanol–water partition coefficient (Wildman–Crippen LogP) is 0.411. The molecule has 0 bridgehead atoms. The SMILES string of the molecule is O=C([O-])c1ccccc1-c1c2cc(Br)c(=O)c(Br)c-2oc2c(Br)c([O-])c(Br)cc12.O=C1C=C(O)c2ccccc2C1=O.[Na+].[Na+]. The van der Waals surface area contributed by atoms with Crippen LogP contribution in [-0.2, 0) is 4.79 Å². The fraction of sp³-hybridized carbons (Fsp3) is 0. The molecule has 3 aliphatic rings. The Balaban J connectivity index is 0.000000297. The van der Waals surface area contributed by atoms with Crippen LogP contribution >= 0.6 is 63.7 Å². The average Bonchev–Trinajstić information content (AvgIpc) is 2.97. The summed E-state index contributed by atoms with van der Waals surface area (Å²) in [6.45, 7) is 0. The van der Waals surface area contributed by atoms with Crippen molar-refractivity contribution in [1.29, 1.82) is 0 Å². The van der Waals surface area contributed by atoms with Crippen LogP contribution in [0.25, 0.3) is 39.2 Å². The number of allylic oxidation sites excluding steroid dienone is 1. The van der Waals surface area contributed by atoms with Gasteiger partial charge in [0.2, 0.25) is 17.0 Å². The zero-order valence-electron chi connectivity index (χ0n) is 22.7. The Labute approximate surface area is 327 Å². The molecule has 0 saturated heterocycles. The summed E-state index contributed by atoms with van der Waals surface area (Å²) in [5.74, 6) is -2.86. The second-order valence-corrected chi connectivity index (χ2v) is 12.1. The van der Waals surface area contributed by atoms with E-state index in [-0.39, 0.29) is 116 Å². The molecule has 14 heteroatoms. The molecule has 0 unspecified atom stereocenters. The van der Waals surface area contributed by atoms with Gasteiger partial charge in [0.05, 0.1) is 14.9 Å². The van der Waals surface area contributed by atoms with E-state index in [0.717, 1.165) is 6.08 Å². The van der Waals surface area contributed by atoms with Crippen LogP contribution in [0.3, 0.4) is 0 Å². The molecule has 6 rings (SSSR count). The van der Waals surface area contributed by atoms with Crippen LogP contribution < -0.4 is 74.8 Å². The van der Waals surface area contributed by atoms with Gasteiger partial charge in [0.1, 0.15) is 15.8 Å². The number of carbonyl (C=O) groups excluding carboxylic acids is 3. The van der Waals surface area contributed by atoms with E-state index in [2.05, 4.69) is 63.7 Å². The maximum absolute atomic E-state index is 12.4. The van der Waals surface area contributed by atoms with Gasteiger partial charge in [-0.1, -0.05) is 70.2 Å². The summed E-state index contributed by atoms with van der Waals surface area (Å²) in [4.78, 5) is 46.4. The van der Waals surface area contributed by atoms with Crippen molar-refractivity contribution < 1.29 is 93.2 Å². The Morgan fingerprint density at radius 2 is 1.36 bits per heavy atom. The Morgan fingerprint density at radius 3 is 2.00 bits per heavy atom. The molecule has 0 saturated carbocycles. The van der Waals surface area contributed by atoms with E-state index in [1.54, 1.807) is 48.5 Å². The molecule has 0 aromatic heterocycles. The van der Waals surface area contributed by atoms with Crippen LogP contribution in [0.2, 0.25) is 0 Å². The molecule has 44 heavy (non-hydrogen) atoms. The van der Waals surface area contributed by atoms with Crippen molar-refractivity contribution in [2.24, 2.45) is 0 Å². The standard InChI is InChI=1S/C20H8Br4O5.C10H6O3.2Na/c21-11-5-9-13(7-3-1-2-4-8(7)20(27)28)10-6-12(22)17(26)15(24)19(10)29-18(9)14(23)16(11)25;11-8-5-9(12)10(13)7-4-2-1-3-6(7)8;;/h1-6,25H,(H,27,28);1-5,11H;;/q;;2*+1/p-2. The minimum absolute atomic E-state index is 0.